The lowest BCUT2D eigenvalue weighted by atomic mass is 10.0. The molecule has 7 nitrogen and oxygen atoms in total. The van der Waals surface area contributed by atoms with Gasteiger partial charge in [0.15, 0.2) is 0 Å². The molecule has 0 aliphatic carbocycles. The van der Waals surface area contributed by atoms with Crippen molar-refractivity contribution < 1.29 is 24.3 Å². The van der Waals surface area contributed by atoms with Crippen LogP contribution in [0, 0.1) is 11.8 Å². The van der Waals surface area contributed by atoms with Crippen LogP contribution in [0.15, 0.2) is 0 Å². The van der Waals surface area contributed by atoms with Gasteiger partial charge in [-0.3, -0.25) is 9.28 Å². The van der Waals surface area contributed by atoms with E-state index in [9.17, 15) is 19.8 Å². The van der Waals surface area contributed by atoms with Gasteiger partial charge in [-0.25, -0.2) is 0 Å². The molecule has 0 radical (unpaired) electrons. The van der Waals surface area contributed by atoms with E-state index in [0.29, 0.717) is 12.3 Å². The molecule has 0 spiro atoms. The molecule has 4 N–H and O–H groups in total. The van der Waals surface area contributed by atoms with Gasteiger partial charge in [-0.1, -0.05) is 13.8 Å². The maximum atomic E-state index is 12.0. The number of aliphatic hydroxyl groups is 1. The van der Waals surface area contributed by atoms with Crippen LogP contribution in [0.1, 0.15) is 41.0 Å². The minimum absolute atomic E-state index is 0.0877. The van der Waals surface area contributed by atoms with Gasteiger partial charge in [0.1, 0.15) is 12.6 Å². The molecule has 1 aliphatic heterocycles. The lowest BCUT2D eigenvalue weighted by molar-refractivity contribution is -0.911. The molecule has 0 aromatic heterocycles. The van der Waals surface area contributed by atoms with Crippen molar-refractivity contribution in [2.75, 3.05) is 19.6 Å². The van der Waals surface area contributed by atoms with Gasteiger partial charge in [0, 0.05) is 6.54 Å². The molecule has 1 unspecified atom stereocenters. The highest BCUT2D eigenvalue weighted by Gasteiger charge is 2.52. The fourth-order valence-corrected chi connectivity index (χ4v) is 3.21. The molecule has 1 heterocycles. The number of hydrogen-bond acceptors (Lipinski definition) is 5. The van der Waals surface area contributed by atoms with Crippen LogP contribution < -0.4 is 16.2 Å². The summed E-state index contributed by atoms with van der Waals surface area (Å²) >= 11 is 0. The zero-order valence-electron chi connectivity index (χ0n) is 14.8. The Morgan fingerprint density at radius 3 is 2.30 bits per heavy atom. The van der Waals surface area contributed by atoms with Crippen LogP contribution in [0.5, 0.6) is 0 Å². The number of carbonyl (C=O) groups is 2. The van der Waals surface area contributed by atoms with Crippen LogP contribution >= 0.6 is 0 Å². The number of quaternary nitrogens is 1. The fraction of sp³-hybridized carbons (Fsp3) is 0.875. The Bertz CT molecular complexity index is 447. The summed E-state index contributed by atoms with van der Waals surface area (Å²) in [7, 11) is 0. The number of rotatable bonds is 5. The molecule has 1 saturated heterocycles. The maximum Gasteiger partial charge on any atom is 0.257 e. The van der Waals surface area contributed by atoms with Gasteiger partial charge in [0.2, 0.25) is 5.91 Å². The summed E-state index contributed by atoms with van der Waals surface area (Å²) in [5.74, 6) is -0.279. The summed E-state index contributed by atoms with van der Waals surface area (Å²) in [6.07, 6.45) is -1.41. The highest BCUT2D eigenvalue weighted by molar-refractivity contribution is 5.81. The van der Waals surface area contributed by atoms with Crippen molar-refractivity contribution in [3.05, 3.63) is 0 Å². The van der Waals surface area contributed by atoms with E-state index in [0.717, 1.165) is 0 Å². The average Bonchev–Trinajstić information content (AvgIpc) is 2.73. The molecular formula is C16H31N3O4. The van der Waals surface area contributed by atoms with E-state index in [-0.39, 0.29) is 35.9 Å². The molecule has 4 atom stereocenters. The Labute approximate surface area is 138 Å². The summed E-state index contributed by atoms with van der Waals surface area (Å²) in [6.45, 7) is 9.96. The van der Waals surface area contributed by atoms with Crippen molar-refractivity contribution in [3.8, 4) is 0 Å². The standard InChI is InChI=1S/C16H31N3O4/c1-10(2)6-12(17)14(21)18-7-11-8-19(15(22)23,9-13(11)20)16(3,4)5/h10-13,20H,6-9,17H2,1-5H3,(H-,18,21,22,23)/t11-,12+,13+,19?/m1/s1. The van der Waals surface area contributed by atoms with Crippen LogP contribution in [0.4, 0.5) is 4.79 Å². The van der Waals surface area contributed by atoms with Gasteiger partial charge in [-0.2, -0.15) is 0 Å². The summed E-state index contributed by atoms with van der Waals surface area (Å²) < 4.78 is -0.313. The Morgan fingerprint density at radius 2 is 1.91 bits per heavy atom. The number of amides is 2. The predicted octanol–water partition coefficient (Wildman–Crippen LogP) is -0.575. The van der Waals surface area contributed by atoms with Crippen LogP contribution in [0.2, 0.25) is 0 Å². The molecule has 0 aromatic carbocycles. The molecule has 2 amide bonds. The zero-order valence-corrected chi connectivity index (χ0v) is 14.8. The number of nitrogens with two attached hydrogens (primary N) is 1. The van der Waals surface area contributed by atoms with Crippen LogP contribution in [-0.2, 0) is 4.79 Å². The first-order valence-electron chi connectivity index (χ1n) is 8.21. The van der Waals surface area contributed by atoms with Crippen LogP contribution in [0.25, 0.3) is 0 Å². The Kier molecular flexibility index (Phi) is 6.18. The highest BCUT2D eigenvalue weighted by Crippen LogP contribution is 2.33. The minimum atomic E-state index is -1.19. The predicted molar refractivity (Wildman–Crippen MR) is 85.1 cm³/mol. The molecular weight excluding hydrogens is 298 g/mol. The molecule has 0 bridgehead atoms. The fourth-order valence-electron chi connectivity index (χ4n) is 3.21. The van der Waals surface area contributed by atoms with Gasteiger partial charge in [-0.05, 0) is 33.1 Å². The number of carboxylic acid groups (broad SMARTS) is 1. The Morgan fingerprint density at radius 1 is 1.35 bits per heavy atom. The van der Waals surface area contributed by atoms with Gasteiger partial charge in [0.25, 0.3) is 6.09 Å². The zero-order chi connectivity index (χ0) is 18.0. The number of nitrogens with zero attached hydrogens (tertiary/aromatic N) is 1. The quantitative estimate of drug-likeness (QED) is 0.584. The third kappa shape index (κ3) is 4.43. The average molecular weight is 329 g/mol. The second-order valence-electron chi connectivity index (χ2n) is 8.08. The van der Waals surface area contributed by atoms with E-state index in [1.807, 2.05) is 34.6 Å². The Balaban J connectivity index is 2.70. The van der Waals surface area contributed by atoms with E-state index >= 15 is 0 Å². The van der Waals surface area contributed by atoms with Gasteiger partial charge >= 0.3 is 0 Å². The first-order valence-corrected chi connectivity index (χ1v) is 8.21. The molecule has 0 saturated carbocycles. The highest BCUT2D eigenvalue weighted by atomic mass is 16.4. The van der Waals surface area contributed by atoms with Gasteiger partial charge in [-0.15, -0.1) is 0 Å². The van der Waals surface area contributed by atoms with E-state index in [4.69, 9.17) is 5.73 Å². The second kappa shape index (κ2) is 7.15. The lowest BCUT2D eigenvalue weighted by Gasteiger charge is -2.45. The third-order valence-corrected chi connectivity index (χ3v) is 4.82. The van der Waals surface area contributed by atoms with Crippen molar-refractivity contribution in [2.45, 2.75) is 58.7 Å². The molecule has 1 aliphatic rings. The second-order valence-corrected chi connectivity index (χ2v) is 8.08. The summed E-state index contributed by atoms with van der Waals surface area (Å²) in [5.41, 5.74) is 5.24. The largest absolute Gasteiger partial charge is 0.498 e. The summed E-state index contributed by atoms with van der Waals surface area (Å²) in [4.78, 5) is 23.7. The number of nitrogens with one attached hydrogen (secondary N) is 1. The van der Waals surface area contributed by atoms with Crippen molar-refractivity contribution in [1.29, 1.82) is 0 Å². The van der Waals surface area contributed by atoms with E-state index in [1.54, 1.807) is 0 Å². The smallest absolute Gasteiger partial charge is 0.257 e. The van der Waals surface area contributed by atoms with Gasteiger partial charge in [0.05, 0.1) is 24.0 Å². The summed E-state index contributed by atoms with van der Waals surface area (Å²) in [6, 6.07) is -0.587. The minimum Gasteiger partial charge on any atom is -0.498 e. The van der Waals surface area contributed by atoms with Crippen LogP contribution in [-0.4, -0.2) is 58.9 Å². The molecule has 1 rings (SSSR count). The number of carbonyl (C=O) groups excluding carboxylic acids is 2. The number of likely N-dealkylation sites (tertiary alicyclic amines) is 1. The molecule has 0 aromatic rings. The Hall–Kier alpha value is -1.18. The van der Waals surface area contributed by atoms with Crippen molar-refractivity contribution >= 4 is 12.0 Å². The monoisotopic (exact) mass is 329 g/mol. The van der Waals surface area contributed by atoms with E-state index < -0.39 is 23.8 Å². The number of hydrogen-bond donors (Lipinski definition) is 3. The van der Waals surface area contributed by atoms with Crippen molar-refractivity contribution in [3.63, 3.8) is 0 Å². The lowest BCUT2D eigenvalue weighted by Crippen LogP contribution is -2.67. The van der Waals surface area contributed by atoms with Crippen molar-refractivity contribution in [2.24, 2.45) is 17.6 Å². The topological polar surface area (TPSA) is 115 Å². The molecule has 23 heavy (non-hydrogen) atoms. The van der Waals surface area contributed by atoms with Crippen LogP contribution in [0.3, 0.4) is 0 Å². The maximum absolute atomic E-state index is 12.0. The third-order valence-electron chi connectivity index (χ3n) is 4.82. The van der Waals surface area contributed by atoms with E-state index in [1.165, 1.54) is 0 Å². The molecule has 1 fully saturated rings. The number of aliphatic hydroxyl groups excluding tert-OH is 1. The molecule has 134 valence electrons. The SMILES string of the molecule is CC(C)C[C@H](N)C(=O)NC[C@@H]1C[N+](C(=O)[O-])(C(C)(C)C)C[C@@H]1O. The van der Waals surface area contributed by atoms with E-state index in [2.05, 4.69) is 5.32 Å². The van der Waals surface area contributed by atoms with Crippen molar-refractivity contribution in [1.82, 2.24) is 5.32 Å². The molecule has 7 heteroatoms. The summed E-state index contributed by atoms with van der Waals surface area (Å²) in [5, 5.41) is 24.7. The first-order chi connectivity index (χ1) is 10.4. The van der Waals surface area contributed by atoms with Gasteiger partial charge < -0.3 is 26.1 Å². The normalized spacial score (nSPS) is 29.6. The first kappa shape index (κ1) is 19.9.